The lowest BCUT2D eigenvalue weighted by atomic mass is 10.0. The second-order valence-corrected chi connectivity index (χ2v) is 6.88. The number of phenols is 3. The highest BCUT2D eigenvalue weighted by molar-refractivity contribution is 6.01. The first-order chi connectivity index (χ1) is 15.3. The van der Waals surface area contributed by atoms with Gasteiger partial charge in [-0.15, -0.1) is 0 Å². The molecule has 9 nitrogen and oxygen atoms in total. The molecule has 2 aromatic carbocycles. The number of carbonyl (C=O) groups excluding carboxylic acids is 2. The summed E-state index contributed by atoms with van der Waals surface area (Å²) in [5, 5.41) is 39.3. The summed E-state index contributed by atoms with van der Waals surface area (Å²) < 4.78 is 5.01. The molecule has 0 bridgehead atoms. The molecule has 9 heteroatoms. The van der Waals surface area contributed by atoms with Gasteiger partial charge < -0.3 is 25.8 Å². The zero-order chi connectivity index (χ0) is 23.7. The molecule has 0 spiro atoms. The fourth-order valence-electron chi connectivity index (χ4n) is 2.83. The smallest absolute Gasteiger partial charge is 0.270 e. The van der Waals surface area contributed by atoms with Crippen molar-refractivity contribution in [3.8, 4) is 23.0 Å². The van der Waals surface area contributed by atoms with Gasteiger partial charge >= 0.3 is 0 Å². The third kappa shape index (κ3) is 6.59. The number of benzene rings is 2. The summed E-state index contributed by atoms with van der Waals surface area (Å²) in [6, 6.07) is 7.33. The van der Waals surface area contributed by atoms with Gasteiger partial charge in [-0.25, -0.2) is 5.06 Å². The maximum Gasteiger partial charge on any atom is 0.270 e. The van der Waals surface area contributed by atoms with Gasteiger partial charge in [0.15, 0.2) is 28.8 Å². The predicted molar refractivity (Wildman–Crippen MR) is 118 cm³/mol. The zero-order valence-electron chi connectivity index (χ0n) is 17.5. The van der Waals surface area contributed by atoms with Gasteiger partial charge in [0, 0.05) is 6.08 Å². The molecular weight excluding hydrogens is 416 g/mol. The van der Waals surface area contributed by atoms with Crippen LogP contribution in [-0.2, 0) is 9.59 Å². The van der Waals surface area contributed by atoms with Crippen LogP contribution in [0.1, 0.15) is 24.0 Å². The van der Waals surface area contributed by atoms with Crippen molar-refractivity contribution >= 4 is 23.8 Å². The lowest BCUT2D eigenvalue weighted by Gasteiger charge is -2.22. The van der Waals surface area contributed by atoms with Gasteiger partial charge in [0.25, 0.3) is 5.91 Å². The molecule has 2 aromatic rings. The van der Waals surface area contributed by atoms with Crippen LogP contribution in [0.15, 0.2) is 48.6 Å². The van der Waals surface area contributed by atoms with Crippen molar-refractivity contribution in [1.29, 1.82) is 0 Å². The van der Waals surface area contributed by atoms with E-state index in [0.29, 0.717) is 22.6 Å². The van der Waals surface area contributed by atoms with E-state index >= 15 is 0 Å². The number of methoxy groups -OCH3 is 1. The van der Waals surface area contributed by atoms with Gasteiger partial charge in [-0.3, -0.25) is 14.8 Å². The number of hydrogen-bond acceptors (Lipinski definition) is 8. The monoisotopic (exact) mass is 442 g/mol. The van der Waals surface area contributed by atoms with E-state index in [9.17, 15) is 30.1 Å². The van der Waals surface area contributed by atoms with Crippen LogP contribution in [0.4, 0.5) is 0 Å². The van der Waals surface area contributed by atoms with Gasteiger partial charge in [-0.2, -0.15) is 0 Å². The maximum atomic E-state index is 12.7. The average molecular weight is 442 g/mol. The van der Waals surface area contributed by atoms with Gasteiger partial charge in [-0.1, -0.05) is 18.2 Å². The van der Waals surface area contributed by atoms with Crippen molar-refractivity contribution in [3.05, 3.63) is 59.7 Å². The van der Waals surface area contributed by atoms with Gasteiger partial charge in [-0.05, 0) is 66.9 Å². The van der Waals surface area contributed by atoms with E-state index in [1.54, 1.807) is 6.07 Å². The van der Waals surface area contributed by atoms with Crippen LogP contribution in [0, 0.1) is 0 Å². The van der Waals surface area contributed by atoms with E-state index < -0.39 is 17.7 Å². The van der Waals surface area contributed by atoms with Crippen LogP contribution in [0.25, 0.3) is 12.2 Å². The number of hydroxylamine groups is 2. The number of amides is 1. The van der Waals surface area contributed by atoms with Crippen LogP contribution in [-0.4, -0.2) is 57.0 Å². The minimum atomic E-state index is -1.16. The average Bonchev–Trinajstić information content (AvgIpc) is 2.79. The van der Waals surface area contributed by atoms with E-state index in [1.807, 2.05) is 0 Å². The number of phenolic OH excluding ortho intramolecular Hbond substituents is 3. The summed E-state index contributed by atoms with van der Waals surface area (Å²) in [4.78, 5) is 25.1. The fourth-order valence-corrected chi connectivity index (χ4v) is 2.83. The first-order valence-corrected chi connectivity index (χ1v) is 9.78. The fraction of sp³-hybridized carbons (Fsp3) is 0.217. The summed E-state index contributed by atoms with van der Waals surface area (Å²) >= 11 is 0. The third-order valence-electron chi connectivity index (χ3n) is 4.59. The summed E-state index contributed by atoms with van der Waals surface area (Å²) in [5.74, 6) is -1.82. The SMILES string of the molecule is COc1cc(/C=C/C(=O)N(O)C(CCCN)C(=O)/C=C/c2ccc(O)c(O)c2)ccc1O. The topological polar surface area (TPSA) is 154 Å². The van der Waals surface area contributed by atoms with Crippen LogP contribution in [0.3, 0.4) is 0 Å². The number of nitrogens with two attached hydrogens (primary N) is 1. The second-order valence-electron chi connectivity index (χ2n) is 6.88. The Morgan fingerprint density at radius 3 is 2.25 bits per heavy atom. The maximum absolute atomic E-state index is 12.7. The number of ether oxygens (including phenoxy) is 1. The van der Waals surface area contributed by atoms with E-state index in [2.05, 4.69) is 0 Å². The standard InChI is InChI=1S/C23H26N2O7/c1-32-22-14-16(6-10-20(22)28)7-11-23(30)25(31)17(3-2-12-24)18(26)8-4-15-5-9-19(27)21(29)13-15/h4-11,13-14,17,27-29,31H,2-3,12,24H2,1H3/b8-4+,11-7+. The summed E-state index contributed by atoms with van der Waals surface area (Å²) in [7, 11) is 1.39. The number of ketones is 1. The van der Waals surface area contributed by atoms with Crippen LogP contribution in [0.5, 0.6) is 23.0 Å². The third-order valence-corrected chi connectivity index (χ3v) is 4.59. The largest absolute Gasteiger partial charge is 0.504 e. The van der Waals surface area contributed by atoms with Gasteiger partial charge in [0.05, 0.1) is 7.11 Å². The molecule has 170 valence electrons. The summed E-state index contributed by atoms with van der Waals surface area (Å²) in [6.07, 6.45) is 5.62. The Balaban J connectivity index is 2.15. The van der Waals surface area contributed by atoms with Crippen LogP contribution in [0.2, 0.25) is 0 Å². The highest BCUT2D eigenvalue weighted by Crippen LogP contribution is 2.27. The summed E-state index contributed by atoms with van der Waals surface area (Å²) in [6.45, 7) is 0.268. The predicted octanol–water partition coefficient (Wildman–Crippen LogP) is 2.43. The van der Waals surface area contributed by atoms with Crippen molar-refractivity contribution in [2.75, 3.05) is 13.7 Å². The molecule has 1 atom stereocenters. The van der Waals surface area contributed by atoms with Crippen molar-refractivity contribution in [1.82, 2.24) is 5.06 Å². The van der Waals surface area contributed by atoms with E-state index in [0.717, 1.165) is 6.08 Å². The highest BCUT2D eigenvalue weighted by Gasteiger charge is 2.25. The molecule has 0 saturated carbocycles. The number of hydrogen-bond donors (Lipinski definition) is 5. The van der Waals surface area contributed by atoms with Crippen LogP contribution < -0.4 is 10.5 Å². The Morgan fingerprint density at radius 1 is 1.00 bits per heavy atom. The molecular formula is C23H26N2O7. The second kappa shape index (κ2) is 11.5. The Bertz CT molecular complexity index is 1020. The number of carbonyl (C=O) groups is 2. The Kier molecular flexibility index (Phi) is 8.82. The molecule has 0 aliphatic heterocycles. The van der Waals surface area contributed by atoms with Gasteiger partial charge in [0.1, 0.15) is 6.04 Å². The van der Waals surface area contributed by atoms with Crippen molar-refractivity contribution in [2.45, 2.75) is 18.9 Å². The first kappa shape index (κ1) is 24.4. The first-order valence-electron chi connectivity index (χ1n) is 9.78. The molecule has 2 rings (SSSR count). The van der Waals surface area contributed by atoms with E-state index in [4.69, 9.17) is 10.5 Å². The molecule has 0 aliphatic rings. The Labute approximate surface area is 185 Å². The summed E-state index contributed by atoms with van der Waals surface area (Å²) in [5.41, 5.74) is 6.50. The molecule has 32 heavy (non-hydrogen) atoms. The van der Waals surface area contributed by atoms with Crippen molar-refractivity contribution < 1.29 is 34.9 Å². The lowest BCUT2D eigenvalue weighted by Crippen LogP contribution is -2.41. The normalized spacial score (nSPS) is 12.2. The zero-order valence-corrected chi connectivity index (χ0v) is 17.5. The highest BCUT2D eigenvalue weighted by atomic mass is 16.5. The van der Waals surface area contributed by atoms with Crippen LogP contribution >= 0.6 is 0 Å². The molecule has 0 aliphatic carbocycles. The molecule has 1 unspecified atom stereocenters. The lowest BCUT2D eigenvalue weighted by molar-refractivity contribution is -0.173. The molecule has 0 radical (unpaired) electrons. The minimum absolute atomic E-state index is 0.0547. The number of aromatic hydroxyl groups is 3. The molecule has 0 saturated heterocycles. The Morgan fingerprint density at radius 2 is 1.62 bits per heavy atom. The quantitative estimate of drug-likeness (QED) is 0.163. The van der Waals surface area contributed by atoms with Gasteiger partial charge in [0.2, 0.25) is 0 Å². The van der Waals surface area contributed by atoms with Crippen molar-refractivity contribution in [3.63, 3.8) is 0 Å². The molecule has 0 fully saturated rings. The molecule has 6 N–H and O–H groups in total. The number of nitrogens with zero attached hydrogens (tertiary/aromatic N) is 1. The molecule has 0 aromatic heterocycles. The van der Waals surface area contributed by atoms with Crippen molar-refractivity contribution in [2.24, 2.45) is 5.73 Å². The Hall–Kier alpha value is -3.82. The minimum Gasteiger partial charge on any atom is -0.504 e. The van der Waals surface area contributed by atoms with E-state index in [-0.39, 0.29) is 36.0 Å². The molecule has 1 amide bonds. The van der Waals surface area contributed by atoms with E-state index in [1.165, 1.54) is 55.7 Å². The number of rotatable bonds is 10. The molecule has 0 heterocycles.